The highest BCUT2D eigenvalue weighted by Gasteiger charge is 2.18. The minimum Gasteiger partial charge on any atom is -0.466 e. The lowest BCUT2D eigenvalue weighted by Crippen LogP contribution is -2.09. The lowest BCUT2D eigenvalue weighted by molar-refractivity contribution is -0.0143. The summed E-state index contributed by atoms with van der Waals surface area (Å²) in [6.07, 6.45) is 15.3. The van der Waals surface area contributed by atoms with Gasteiger partial charge in [-0.05, 0) is 164 Å². The van der Waals surface area contributed by atoms with Gasteiger partial charge in [0.1, 0.15) is 39.6 Å². The predicted molar refractivity (Wildman–Crippen MR) is 315 cm³/mol. The molecule has 16 heteroatoms. The van der Waals surface area contributed by atoms with Crippen LogP contribution in [0.3, 0.4) is 0 Å². The second-order valence-corrected chi connectivity index (χ2v) is 19.2. The molecular formula is C66H90O16. The van der Waals surface area contributed by atoms with Crippen molar-refractivity contribution in [3.8, 4) is 0 Å². The number of rotatable bonds is 1. The Balaban J connectivity index is 0.000000203. The molecule has 3 aromatic carbocycles. The second-order valence-electron chi connectivity index (χ2n) is 19.2. The molecule has 0 amide bonds. The van der Waals surface area contributed by atoms with Crippen LogP contribution in [0.2, 0.25) is 0 Å². The Morgan fingerprint density at radius 3 is 1.24 bits per heavy atom. The molecule has 4 unspecified atom stereocenters. The molecule has 0 aliphatic carbocycles. The van der Waals surface area contributed by atoms with E-state index in [1.165, 1.54) is 27.8 Å². The van der Waals surface area contributed by atoms with Crippen LogP contribution in [-0.4, -0.2) is 78.3 Å². The van der Waals surface area contributed by atoms with E-state index in [1.807, 2.05) is 94.5 Å². The summed E-state index contributed by atoms with van der Waals surface area (Å²) in [6.45, 7) is 41.0. The standard InChI is InChI=1S/C12H14O2.C11H12O2.C10H10O2.C8H14O2.C7H12O2.C6H10O2.C6H8O2.C6H10O2/c1-10-13-8-7-12(9-14-10)11-5-3-2-4-6-11;1-2-11-12-7-9-5-3-4-6-10(9)8-13-11;1-8-11-6-9-4-2-3-5-10(9)7-12-8;1-6-4-5-7(2)10-8(3)9-6;1-6-3-4-8-7(2)9-5-6;2*1-6-7-4-2-3-5-8-6;1-2-6-7-4-3-5-8-6/h2-6,12H,1,7-9H2;2-6H,7-8H2,1H3;2-5H,1,6-7H2;6-7H,3-5H2,1-2H3;6H,2-5H2,1H3;1-5H2;2-3H,1,4-5H2;2H,3-5H2,1H3. The monoisotopic (exact) mass is 1140 g/mol. The molecule has 5 saturated heterocycles. The van der Waals surface area contributed by atoms with Crippen molar-refractivity contribution < 1.29 is 75.8 Å². The van der Waals surface area contributed by atoms with Crippen LogP contribution in [0.4, 0.5) is 0 Å². The van der Waals surface area contributed by atoms with Gasteiger partial charge in [0.05, 0.1) is 65.1 Å². The molecule has 5 fully saturated rings. The molecule has 11 rings (SSSR count). The molecule has 0 spiro atoms. The molecule has 82 heavy (non-hydrogen) atoms. The van der Waals surface area contributed by atoms with Crippen LogP contribution in [0.1, 0.15) is 113 Å². The van der Waals surface area contributed by atoms with Crippen molar-refractivity contribution in [2.75, 3.05) is 66.1 Å². The average molecular weight is 1140 g/mol. The van der Waals surface area contributed by atoms with Gasteiger partial charge in [-0.2, -0.15) is 0 Å². The van der Waals surface area contributed by atoms with Gasteiger partial charge in [0.25, 0.3) is 47.6 Å². The van der Waals surface area contributed by atoms with Gasteiger partial charge < -0.3 is 75.8 Å². The molecule has 0 aromatic heterocycles. The first kappa shape index (κ1) is 66.6. The topological polar surface area (TPSA) is 148 Å². The van der Waals surface area contributed by atoms with Gasteiger partial charge in [0.2, 0.25) is 0 Å². The number of hydrogen-bond acceptors (Lipinski definition) is 16. The summed E-state index contributed by atoms with van der Waals surface area (Å²) in [7, 11) is 0. The van der Waals surface area contributed by atoms with Crippen LogP contribution in [0.5, 0.6) is 0 Å². The Kier molecular flexibility index (Phi) is 32.8. The number of allylic oxidation sites excluding steroid dienone is 2. The molecule has 0 N–H and O–H groups in total. The van der Waals surface area contributed by atoms with Gasteiger partial charge in [-0.1, -0.05) is 85.8 Å². The fourth-order valence-corrected chi connectivity index (χ4v) is 7.65. The third kappa shape index (κ3) is 29.5. The fraction of sp³-hybridized carbons (Fsp3) is 0.455. The highest BCUT2D eigenvalue weighted by molar-refractivity contribution is 5.27. The molecule has 0 radical (unpaired) electrons. The van der Waals surface area contributed by atoms with Crippen molar-refractivity contribution in [1.82, 2.24) is 0 Å². The van der Waals surface area contributed by atoms with Gasteiger partial charge in [0.15, 0.2) is 0 Å². The molecule has 450 valence electrons. The minimum absolute atomic E-state index is 0.262. The molecule has 16 nitrogen and oxygen atoms in total. The van der Waals surface area contributed by atoms with Crippen molar-refractivity contribution in [3.05, 3.63) is 218 Å². The van der Waals surface area contributed by atoms with Gasteiger partial charge >= 0.3 is 0 Å². The van der Waals surface area contributed by atoms with Crippen molar-refractivity contribution >= 4 is 0 Å². The van der Waals surface area contributed by atoms with Crippen molar-refractivity contribution in [2.24, 2.45) is 5.92 Å². The first-order valence-electron chi connectivity index (χ1n) is 28.2. The lowest BCUT2D eigenvalue weighted by atomic mass is 9.97. The zero-order valence-electron chi connectivity index (χ0n) is 49.2. The summed E-state index contributed by atoms with van der Waals surface area (Å²) < 4.78 is 82.4. The maximum Gasteiger partial charge on any atom is 0.275 e. The fourth-order valence-electron chi connectivity index (χ4n) is 7.65. The third-order valence-corrected chi connectivity index (χ3v) is 12.4. The van der Waals surface area contributed by atoms with Crippen LogP contribution < -0.4 is 0 Å². The van der Waals surface area contributed by atoms with Gasteiger partial charge in [-0.25, -0.2) is 0 Å². The number of fused-ring (bicyclic) bond motifs is 2. The van der Waals surface area contributed by atoms with Crippen molar-refractivity contribution in [3.63, 3.8) is 0 Å². The largest absolute Gasteiger partial charge is 0.466 e. The average Bonchev–Trinajstić information content (AvgIpc) is 4.25. The quantitative estimate of drug-likeness (QED) is 0.213. The van der Waals surface area contributed by atoms with E-state index in [9.17, 15) is 0 Å². The predicted octanol–water partition coefficient (Wildman–Crippen LogP) is 14.7. The third-order valence-electron chi connectivity index (χ3n) is 12.4. The molecule has 8 aliphatic heterocycles. The van der Waals surface area contributed by atoms with E-state index in [0.29, 0.717) is 112 Å². The summed E-state index contributed by atoms with van der Waals surface area (Å²) >= 11 is 0. The highest BCUT2D eigenvalue weighted by Crippen LogP contribution is 2.25. The molecular weight excluding hydrogens is 1050 g/mol. The first-order chi connectivity index (χ1) is 39.8. The van der Waals surface area contributed by atoms with Crippen molar-refractivity contribution in [1.29, 1.82) is 0 Å². The lowest BCUT2D eigenvalue weighted by Gasteiger charge is -2.15. The van der Waals surface area contributed by atoms with Gasteiger partial charge in [-0.15, -0.1) is 0 Å². The van der Waals surface area contributed by atoms with Gasteiger partial charge in [-0.3, -0.25) is 0 Å². The Morgan fingerprint density at radius 2 is 0.756 bits per heavy atom. The maximum atomic E-state index is 5.42. The van der Waals surface area contributed by atoms with E-state index in [4.69, 9.17) is 75.8 Å². The van der Waals surface area contributed by atoms with Crippen LogP contribution in [-0.2, 0) is 102 Å². The van der Waals surface area contributed by atoms with Crippen molar-refractivity contribution in [2.45, 2.75) is 124 Å². The van der Waals surface area contributed by atoms with Crippen LogP contribution >= 0.6 is 0 Å². The van der Waals surface area contributed by atoms with E-state index in [-0.39, 0.29) is 12.2 Å². The van der Waals surface area contributed by atoms with Gasteiger partial charge in [0, 0.05) is 12.3 Å². The SMILES string of the molecule is C=C1OC(C)CCC(C)O1.C=C1OCC=CCO1.C=C1OCCC(C)CO1.C=C1OCCC(c2ccccc2)CO1.C=C1OCCCCO1.C=C1OCc2ccccc2CO1.CC=C1OCCCO1.CC=C1OCc2ccccc2CO1. The summed E-state index contributed by atoms with van der Waals surface area (Å²) in [5.41, 5.74) is 6.08. The van der Waals surface area contributed by atoms with E-state index in [0.717, 1.165) is 84.6 Å². The Hall–Kier alpha value is -7.88. The zero-order chi connectivity index (χ0) is 59.0. The zero-order valence-corrected chi connectivity index (χ0v) is 49.2. The Morgan fingerprint density at radius 1 is 0.366 bits per heavy atom. The summed E-state index contributed by atoms with van der Waals surface area (Å²) in [5.74, 6) is 5.01. The van der Waals surface area contributed by atoms with E-state index < -0.39 is 0 Å². The van der Waals surface area contributed by atoms with E-state index in [2.05, 4.69) is 82.8 Å². The molecule has 8 aliphatic rings. The molecule has 3 aromatic rings. The molecule has 0 bridgehead atoms. The summed E-state index contributed by atoms with van der Waals surface area (Å²) in [6, 6.07) is 26.6. The number of ether oxygens (including phenoxy) is 16. The maximum absolute atomic E-state index is 5.42. The summed E-state index contributed by atoms with van der Waals surface area (Å²) in [4.78, 5) is 0. The van der Waals surface area contributed by atoms with Crippen LogP contribution in [0, 0.1) is 5.92 Å². The molecule has 4 atom stereocenters. The first-order valence-corrected chi connectivity index (χ1v) is 28.2. The van der Waals surface area contributed by atoms with E-state index in [1.54, 1.807) is 0 Å². The minimum atomic E-state index is 0.262. The Bertz CT molecular complexity index is 2340. The number of hydrogen-bond donors (Lipinski definition) is 0. The van der Waals surface area contributed by atoms with Crippen LogP contribution in [0.25, 0.3) is 0 Å². The van der Waals surface area contributed by atoms with Crippen LogP contribution in [0.15, 0.2) is 190 Å². The molecule has 8 heterocycles. The highest BCUT2D eigenvalue weighted by atomic mass is 16.7. The smallest absolute Gasteiger partial charge is 0.275 e. The molecule has 0 saturated carbocycles. The Labute approximate surface area is 488 Å². The normalized spacial score (nSPS) is 21.3. The second kappa shape index (κ2) is 40.3. The summed E-state index contributed by atoms with van der Waals surface area (Å²) in [5, 5.41) is 0. The number of benzene rings is 3. The van der Waals surface area contributed by atoms with E-state index >= 15 is 0 Å².